The van der Waals surface area contributed by atoms with Gasteiger partial charge in [0, 0.05) is 35.6 Å². The van der Waals surface area contributed by atoms with Gasteiger partial charge in [0.15, 0.2) is 0 Å². The van der Waals surface area contributed by atoms with Crippen LogP contribution in [0.3, 0.4) is 0 Å². The molecule has 0 aliphatic heterocycles. The number of nitrogens with zero attached hydrogens (tertiary/aromatic N) is 5. The number of aromatic nitrogens is 5. The highest BCUT2D eigenvalue weighted by Crippen LogP contribution is 2.25. The van der Waals surface area contributed by atoms with Gasteiger partial charge in [-0.15, -0.1) is 0 Å². The second kappa shape index (κ2) is 6.46. The molecule has 4 heterocycles. The van der Waals surface area contributed by atoms with Gasteiger partial charge in [-0.05, 0) is 48.6 Å². The van der Waals surface area contributed by atoms with E-state index in [4.69, 9.17) is 9.97 Å². The third kappa shape index (κ3) is 2.56. The molecule has 4 aromatic heterocycles. The van der Waals surface area contributed by atoms with Gasteiger partial charge in [0.2, 0.25) is 0 Å². The van der Waals surface area contributed by atoms with Crippen molar-refractivity contribution in [2.75, 3.05) is 0 Å². The molecule has 0 bridgehead atoms. The van der Waals surface area contributed by atoms with Crippen LogP contribution in [0.1, 0.15) is 11.5 Å². The third-order valence-electron chi connectivity index (χ3n) is 5.52. The molecule has 6 rings (SSSR count). The number of pyridine rings is 3. The first-order valence-electron chi connectivity index (χ1n) is 9.81. The molecular formula is C25H17N5. The summed E-state index contributed by atoms with van der Waals surface area (Å²) in [5, 5.41) is 3.24. The molecule has 5 nitrogen and oxygen atoms in total. The molecule has 0 amide bonds. The zero-order valence-electron chi connectivity index (χ0n) is 16.3. The maximum absolute atomic E-state index is 4.86. The average Bonchev–Trinajstić information content (AvgIpc) is 3.13. The molecule has 0 radical (unpaired) electrons. The molecule has 2 aromatic carbocycles. The van der Waals surface area contributed by atoms with E-state index in [9.17, 15) is 0 Å². The molecule has 0 atom stereocenters. The summed E-state index contributed by atoms with van der Waals surface area (Å²) < 4.78 is 2.09. The Bertz CT molecular complexity index is 1610. The molecule has 142 valence electrons. The van der Waals surface area contributed by atoms with Crippen LogP contribution in [-0.2, 0) is 7.05 Å². The fourth-order valence-corrected chi connectivity index (χ4v) is 3.97. The number of imidazole rings is 1. The van der Waals surface area contributed by atoms with Crippen LogP contribution in [-0.4, -0.2) is 24.5 Å². The minimum absolute atomic E-state index is 0.874. The zero-order valence-corrected chi connectivity index (χ0v) is 16.3. The molecule has 0 fully saturated rings. The smallest absolute Gasteiger partial charge is 0.133 e. The van der Waals surface area contributed by atoms with Gasteiger partial charge in [0.25, 0.3) is 0 Å². The first-order valence-corrected chi connectivity index (χ1v) is 9.81. The number of rotatable bonds is 2. The van der Waals surface area contributed by atoms with Gasteiger partial charge in [-0.3, -0.25) is 9.97 Å². The van der Waals surface area contributed by atoms with Gasteiger partial charge in [-0.1, -0.05) is 24.3 Å². The highest BCUT2D eigenvalue weighted by molar-refractivity contribution is 6.04. The second-order valence-electron chi connectivity index (χ2n) is 7.31. The molecular weight excluding hydrogens is 370 g/mol. The largest absolute Gasteiger partial charge is 0.328 e. The fraction of sp³-hybridized carbons (Fsp3) is 0.0400. The van der Waals surface area contributed by atoms with Crippen LogP contribution in [0.25, 0.3) is 55.9 Å². The van der Waals surface area contributed by atoms with Gasteiger partial charge < -0.3 is 4.57 Å². The normalized spacial score (nSPS) is 12.0. The van der Waals surface area contributed by atoms with E-state index in [1.807, 2.05) is 55.9 Å². The summed E-state index contributed by atoms with van der Waals surface area (Å²) in [6, 6.07) is 20.4. The lowest BCUT2D eigenvalue weighted by Crippen LogP contribution is -1.91. The standard InChI is InChI=1S/C25H17N5/c1-30-21-12-11-20-19(5-3-14-26-20)25(21)29-22(30)13-10-18-9-8-17-7-6-16-4-2-15-27-23(16)24(17)28-18/h2-15H,1H3/b13-10+. The maximum Gasteiger partial charge on any atom is 0.133 e. The van der Waals surface area contributed by atoms with Crippen LogP contribution in [0.15, 0.2) is 73.1 Å². The average molecular weight is 387 g/mol. The van der Waals surface area contributed by atoms with Crippen molar-refractivity contribution >= 4 is 55.9 Å². The Balaban J connectivity index is 1.47. The summed E-state index contributed by atoms with van der Waals surface area (Å²) in [4.78, 5) is 18.7. The first-order chi connectivity index (χ1) is 14.8. The quantitative estimate of drug-likeness (QED) is 0.374. The Morgan fingerprint density at radius 1 is 0.700 bits per heavy atom. The van der Waals surface area contributed by atoms with Gasteiger partial charge in [-0.2, -0.15) is 0 Å². The van der Waals surface area contributed by atoms with Crippen molar-refractivity contribution < 1.29 is 0 Å². The van der Waals surface area contributed by atoms with Gasteiger partial charge in [0.1, 0.15) is 5.82 Å². The summed E-state index contributed by atoms with van der Waals surface area (Å²) in [5.74, 6) is 0.874. The molecule has 0 aliphatic carbocycles. The van der Waals surface area contributed by atoms with E-state index >= 15 is 0 Å². The SMILES string of the molecule is Cn1c(/C=C/c2ccc3ccc4cccnc4c3n2)nc2c3cccnc3ccc21. The fourth-order valence-electron chi connectivity index (χ4n) is 3.97. The van der Waals surface area contributed by atoms with Crippen molar-refractivity contribution in [2.24, 2.45) is 7.05 Å². The number of aryl methyl sites for hydroxylation is 1. The number of hydrogen-bond acceptors (Lipinski definition) is 4. The minimum atomic E-state index is 0.874. The summed E-state index contributed by atoms with van der Waals surface area (Å²) in [7, 11) is 2.03. The van der Waals surface area contributed by atoms with E-state index in [2.05, 4.69) is 50.9 Å². The highest BCUT2D eigenvalue weighted by atomic mass is 15.1. The van der Waals surface area contributed by atoms with Crippen molar-refractivity contribution in [3.63, 3.8) is 0 Å². The van der Waals surface area contributed by atoms with E-state index in [1.54, 1.807) is 0 Å². The number of fused-ring (bicyclic) bond motifs is 6. The summed E-state index contributed by atoms with van der Waals surface area (Å²) in [5.41, 5.74) is 5.71. The lowest BCUT2D eigenvalue weighted by molar-refractivity contribution is 0.930. The molecule has 0 aliphatic rings. The maximum atomic E-state index is 4.86. The van der Waals surface area contributed by atoms with Gasteiger partial charge in [-0.25, -0.2) is 9.97 Å². The second-order valence-corrected chi connectivity index (χ2v) is 7.31. The Hall–Kier alpha value is -4.12. The van der Waals surface area contributed by atoms with Crippen molar-refractivity contribution in [1.82, 2.24) is 24.5 Å². The monoisotopic (exact) mass is 387 g/mol. The highest BCUT2D eigenvalue weighted by Gasteiger charge is 2.09. The molecule has 5 heteroatoms. The molecule has 0 unspecified atom stereocenters. The van der Waals surface area contributed by atoms with Crippen LogP contribution in [0, 0.1) is 0 Å². The van der Waals surface area contributed by atoms with E-state index in [0.29, 0.717) is 0 Å². The predicted octanol–water partition coefficient (Wildman–Crippen LogP) is 5.39. The van der Waals surface area contributed by atoms with Crippen LogP contribution in [0.2, 0.25) is 0 Å². The van der Waals surface area contributed by atoms with Crippen molar-refractivity contribution in [3.8, 4) is 0 Å². The van der Waals surface area contributed by atoms with Gasteiger partial charge in [0.05, 0.1) is 33.3 Å². The summed E-state index contributed by atoms with van der Waals surface area (Å²) in [6.07, 6.45) is 7.63. The number of hydrogen-bond donors (Lipinski definition) is 0. The third-order valence-corrected chi connectivity index (χ3v) is 5.52. The van der Waals surface area contributed by atoms with E-state index in [1.165, 1.54) is 0 Å². The Labute approximate surface area is 172 Å². The predicted molar refractivity (Wildman–Crippen MR) is 122 cm³/mol. The lowest BCUT2D eigenvalue weighted by atomic mass is 10.1. The summed E-state index contributed by atoms with van der Waals surface area (Å²) in [6.45, 7) is 0. The van der Waals surface area contributed by atoms with Crippen LogP contribution < -0.4 is 0 Å². The molecule has 30 heavy (non-hydrogen) atoms. The zero-order chi connectivity index (χ0) is 20.1. The van der Waals surface area contributed by atoms with E-state index in [0.717, 1.165) is 55.3 Å². The lowest BCUT2D eigenvalue weighted by Gasteiger charge is -2.03. The Morgan fingerprint density at radius 2 is 1.50 bits per heavy atom. The molecule has 0 saturated carbocycles. The Morgan fingerprint density at radius 3 is 2.43 bits per heavy atom. The summed E-state index contributed by atoms with van der Waals surface area (Å²) >= 11 is 0. The van der Waals surface area contributed by atoms with Crippen LogP contribution >= 0.6 is 0 Å². The Kier molecular flexibility index (Phi) is 3.62. The topological polar surface area (TPSA) is 56.5 Å². The van der Waals surface area contributed by atoms with E-state index < -0.39 is 0 Å². The van der Waals surface area contributed by atoms with Crippen molar-refractivity contribution in [1.29, 1.82) is 0 Å². The molecule has 6 aromatic rings. The van der Waals surface area contributed by atoms with Gasteiger partial charge >= 0.3 is 0 Å². The molecule has 0 spiro atoms. The van der Waals surface area contributed by atoms with Crippen LogP contribution in [0.5, 0.6) is 0 Å². The molecule has 0 saturated heterocycles. The number of benzene rings is 2. The molecule has 0 N–H and O–H groups in total. The minimum Gasteiger partial charge on any atom is -0.328 e. The van der Waals surface area contributed by atoms with E-state index in [-0.39, 0.29) is 0 Å². The van der Waals surface area contributed by atoms with Crippen LogP contribution in [0.4, 0.5) is 0 Å². The first kappa shape index (κ1) is 16.8. The van der Waals surface area contributed by atoms with Crippen molar-refractivity contribution in [3.05, 3.63) is 84.6 Å². The van der Waals surface area contributed by atoms with Crippen molar-refractivity contribution in [2.45, 2.75) is 0 Å².